The van der Waals surface area contributed by atoms with E-state index in [1.807, 2.05) is 23.7 Å². The average molecular weight is 293 g/mol. The fourth-order valence-electron chi connectivity index (χ4n) is 2.58. The molecule has 0 aliphatic carbocycles. The van der Waals surface area contributed by atoms with Crippen molar-refractivity contribution < 1.29 is 4.79 Å². The number of hydrogen-bond acceptors (Lipinski definition) is 6. The molecule has 1 aromatic heterocycles. The predicted molar refractivity (Wildman–Crippen MR) is 80.5 cm³/mol. The maximum Gasteiger partial charge on any atom is 0.224 e. The Hall–Kier alpha value is -1.50. The van der Waals surface area contributed by atoms with Crippen LogP contribution in [0, 0.1) is 0 Å². The highest BCUT2D eigenvalue weighted by atomic mass is 32.2. The standard InChI is InChI=1S/C13H19N5OS/c1-14-13-15-10-3-2-8-20-11(10)12(16-13)18-6-4-17(9-19)5-7-18/h9H,2-8H2,1H3,(H,14,15,16). The number of carbonyl (C=O) groups is 1. The van der Waals surface area contributed by atoms with E-state index in [2.05, 4.69) is 20.2 Å². The van der Waals surface area contributed by atoms with Crippen molar-refractivity contribution in [3.63, 3.8) is 0 Å². The molecule has 1 aromatic rings. The highest BCUT2D eigenvalue weighted by Crippen LogP contribution is 2.36. The van der Waals surface area contributed by atoms with E-state index in [9.17, 15) is 4.79 Å². The van der Waals surface area contributed by atoms with Crippen LogP contribution in [0.4, 0.5) is 11.8 Å². The minimum atomic E-state index is 0.694. The Kier molecular flexibility index (Phi) is 3.95. The van der Waals surface area contributed by atoms with Crippen molar-refractivity contribution >= 4 is 29.9 Å². The summed E-state index contributed by atoms with van der Waals surface area (Å²) >= 11 is 1.86. The highest BCUT2D eigenvalue weighted by Gasteiger charge is 2.24. The molecular weight excluding hydrogens is 274 g/mol. The molecule has 20 heavy (non-hydrogen) atoms. The van der Waals surface area contributed by atoms with Gasteiger partial charge in [0, 0.05) is 33.2 Å². The molecular formula is C13H19N5OS. The summed E-state index contributed by atoms with van der Waals surface area (Å²) in [6.07, 6.45) is 3.14. The fourth-order valence-corrected chi connectivity index (χ4v) is 3.69. The number of aromatic nitrogens is 2. The summed E-state index contributed by atoms with van der Waals surface area (Å²) in [4.78, 5) is 25.4. The Bertz CT molecular complexity index is 502. The van der Waals surface area contributed by atoms with Crippen LogP contribution < -0.4 is 10.2 Å². The third-order valence-electron chi connectivity index (χ3n) is 3.71. The van der Waals surface area contributed by atoms with E-state index < -0.39 is 0 Å². The van der Waals surface area contributed by atoms with Gasteiger partial charge >= 0.3 is 0 Å². The van der Waals surface area contributed by atoms with Crippen molar-refractivity contribution in [3.05, 3.63) is 5.69 Å². The van der Waals surface area contributed by atoms with E-state index in [1.54, 1.807) is 0 Å². The summed E-state index contributed by atoms with van der Waals surface area (Å²) in [5.74, 6) is 2.87. The Morgan fingerprint density at radius 2 is 2.05 bits per heavy atom. The Morgan fingerprint density at radius 1 is 1.25 bits per heavy atom. The molecule has 0 aromatic carbocycles. The zero-order valence-electron chi connectivity index (χ0n) is 11.6. The lowest BCUT2D eigenvalue weighted by molar-refractivity contribution is -0.118. The molecule has 3 heterocycles. The maximum atomic E-state index is 10.8. The summed E-state index contributed by atoms with van der Waals surface area (Å²) in [6.45, 7) is 3.21. The molecule has 1 fully saturated rings. The molecule has 0 radical (unpaired) electrons. The topological polar surface area (TPSA) is 61.4 Å². The lowest BCUT2D eigenvalue weighted by Crippen LogP contribution is -2.46. The third kappa shape index (κ3) is 2.54. The number of aryl methyl sites for hydroxylation is 1. The Labute approximate surface area is 122 Å². The molecule has 2 aliphatic heterocycles. The highest BCUT2D eigenvalue weighted by molar-refractivity contribution is 7.99. The van der Waals surface area contributed by atoms with Crippen LogP contribution in [0.2, 0.25) is 0 Å². The monoisotopic (exact) mass is 293 g/mol. The second-order valence-corrected chi connectivity index (χ2v) is 6.08. The number of hydrogen-bond donors (Lipinski definition) is 1. The van der Waals surface area contributed by atoms with Gasteiger partial charge in [0.15, 0.2) is 0 Å². The number of thioether (sulfide) groups is 1. The smallest absolute Gasteiger partial charge is 0.224 e. The number of piperazine rings is 1. The largest absolute Gasteiger partial charge is 0.357 e. The minimum Gasteiger partial charge on any atom is -0.357 e. The maximum absolute atomic E-state index is 10.8. The Balaban J connectivity index is 1.90. The predicted octanol–water partition coefficient (Wildman–Crippen LogP) is 0.835. The van der Waals surface area contributed by atoms with Crippen LogP contribution in [0.25, 0.3) is 0 Å². The van der Waals surface area contributed by atoms with E-state index in [0.29, 0.717) is 5.95 Å². The van der Waals surface area contributed by atoms with E-state index in [4.69, 9.17) is 0 Å². The van der Waals surface area contributed by atoms with E-state index in [-0.39, 0.29) is 0 Å². The molecule has 6 nitrogen and oxygen atoms in total. The number of carbonyl (C=O) groups excluding carboxylic acids is 1. The first-order valence-corrected chi connectivity index (χ1v) is 7.96. The molecule has 3 rings (SSSR count). The first kappa shape index (κ1) is 13.5. The number of nitrogens with one attached hydrogen (secondary N) is 1. The molecule has 0 unspecified atom stereocenters. The van der Waals surface area contributed by atoms with Gasteiger partial charge in [-0.1, -0.05) is 0 Å². The van der Waals surface area contributed by atoms with Gasteiger partial charge < -0.3 is 15.1 Å². The molecule has 1 amide bonds. The summed E-state index contributed by atoms with van der Waals surface area (Å²) in [6, 6.07) is 0. The van der Waals surface area contributed by atoms with Crippen molar-refractivity contribution in [3.8, 4) is 0 Å². The lowest BCUT2D eigenvalue weighted by Gasteiger charge is -2.35. The van der Waals surface area contributed by atoms with Crippen LogP contribution in [-0.2, 0) is 11.2 Å². The van der Waals surface area contributed by atoms with Gasteiger partial charge in [-0.2, -0.15) is 4.98 Å². The molecule has 0 bridgehead atoms. The number of amides is 1. The van der Waals surface area contributed by atoms with Gasteiger partial charge in [0.2, 0.25) is 12.4 Å². The van der Waals surface area contributed by atoms with Crippen molar-refractivity contribution in [2.24, 2.45) is 0 Å². The van der Waals surface area contributed by atoms with Crippen LogP contribution in [-0.4, -0.2) is 60.3 Å². The Morgan fingerprint density at radius 3 is 2.75 bits per heavy atom. The van der Waals surface area contributed by atoms with Gasteiger partial charge in [-0.15, -0.1) is 11.8 Å². The van der Waals surface area contributed by atoms with E-state index in [1.165, 1.54) is 11.3 Å². The molecule has 7 heteroatoms. The number of fused-ring (bicyclic) bond motifs is 1. The first-order chi connectivity index (χ1) is 9.81. The first-order valence-electron chi connectivity index (χ1n) is 6.97. The van der Waals surface area contributed by atoms with Gasteiger partial charge in [0.05, 0.1) is 10.6 Å². The normalized spacial score (nSPS) is 18.6. The van der Waals surface area contributed by atoms with Gasteiger partial charge in [-0.05, 0) is 18.6 Å². The summed E-state index contributed by atoms with van der Waals surface area (Å²) in [5.41, 5.74) is 1.16. The molecule has 0 atom stereocenters. The second-order valence-electron chi connectivity index (χ2n) is 4.98. The zero-order valence-corrected chi connectivity index (χ0v) is 12.4. The number of nitrogens with zero attached hydrogens (tertiary/aromatic N) is 4. The quantitative estimate of drug-likeness (QED) is 0.833. The second kappa shape index (κ2) is 5.87. The fraction of sp³-hybridized carbons (Fsp3) is 0.615. The SMILES string of the molecule is CNc1nc2c(c(N3CCN(C=O)CC3)n1)SCCC2. The van der Waals surface area contributed by atoms with E-state index >= 15 is 0 Å². The number of anilines is 2. The van der Waals surface area contributed by atoms with Gasteiger partial charge in [0.1, 0.15) is 5.82 Å². The molecule has 108 valence electrons. The van der Waals surface area contributed by atoms with Crippen molar-refractivity contribution in [1.29, 1.82) is 0 Å². The van der Waals surface area contributed by atoms with Crippen molar-refractivity contribution in [2.45, 2.75) is 17.7 Å². The lowest BCUT2D eigenvalue weighted by atomic mass is 10.2. The molecule has 0 saturated carbocycles. The third-order valence-corrected chi connectivity index (χ3v) is 4.91. The van der Waals surface area contributed by atoms with Crippen LogP contribution >= 0.6 is 11.8 Å². The average Bonchev–Trinajstić information content (AvgIpc) is 2.54. The summed E-state index contributed by atoms with van der Waals surface area (Å²) in [7, 11) is 1.85. The summed E-state index contributed by atoms with van der Waals surface area (Å²) < 4.78 is 0. The van der Waals surface area contributed by atoms with Crippen LogP contribution in [0.5, 0.6) is 0 Å². The molecule has 0 spiro atoms. The zero-order chi connectivity index (χ0) is 13.9. The van der Waals surface area contributed by atoms with Crippen LogP contribution in [0.15, 0.2) is 4.90 Å². The molecule has 2 aliphatic rings. The molecule has 1 N–H and O–H groups in total. The summed E-state index contributed by atoms with van der Waals surface area (Å²) in [5, 5.41) is 3.05. The van der Waals surface area contributed by atoms with E-state index in [0.717, 1.165) is 56.3 Å². The molecule has 1 saturated heterocycles. The van der Waals surface area contributed by atoms with Crippen molar-refractivity contribution in [1.82, 2.24) is 14.9 Å². The van der Waals surface area contributed by atoms with Crippen molar-refractivity contribution in [2.75, 3.05) is 49.2 Å². The van der Waals surface area contributed by atoms with Gasteiger partial charge in [-0.3, -0.25) is 4.79 Å². The van der Waals surface area contributed by atoms with Gasteiger partial charge in [0.25, 0.3) is 0 Å². The van der Waals surface area contributed by atoms with Crippen LogP contribution in [0.1, 0.15) is 12.1 Å². The van der Waals surface area contributed by atoms with Gasteiger partial charge in [-0.25, -0.2) is 4.98 Å². The number of rotatable bonds is 3. The minimum absolute atomic E-state index is 0.694. The van der Waals surface area contributed by atoms with Crippen LogP contribution in [0.3, 0.4) is 0 Å².